The first kappa shape index (κ1) is 24.4. The number of piperidine rings is 1. The first-order valence-electron chi connectivity index (χ1n) is 10.7. The highest BCUT2D eigenvalue weighted by molar-refractivity contribution is 6.43. The zero-order valence-corrected chi connectivity index (χ0v) is 18.1. The topological polar surface area (TPSA) is 126 Å². The van der Waals surface area contributed by atoms with Crippen LogP contribution in [-0.4, -0.2) is 59.1 Å². The quantitative estimate of drug-likeness (QED) is 0.284. The van der Waals surface area contributed by atoms with Gasteiger partial charge in [-0.3, -0.25) is 4.79 Å². The molecule has 0 aromatic heterocycles. The normalized spacial score (nSPS) is 17.6. The van der Waals surface area contributed by atoms with Gasteiger partial charge < -0.3 is 25.6 Å². The molecule has 0 spiro atoms. The van der Waals surface area contributed by atoms with Crippen LogP contribution in [0.5, 0.6) is 0 Å². The molecule has 1 aliphatic heterocycles. The minimum Gasteiger partial charge on any atom is -0.426 e. The Kier molecular flexibility index (Phi) is 9.57. The molecule has 2 rings (SSSR count). The summed E-state index contributed by atoms with van der Waals surface area (Å²) < 4.78 is 0. The van der Waals surface area contributed by atoms with Gasteiger partial charge in [-0.15, -0.1) is 0 Å². The van der Waals surface area contributed by atoms with Crippen LogP contribution in [0.4, 0.5) is 4.79 Å². The summed E-state index contributed by atoms with van der Waals surface area (Å²) in [7, 11) is -1.71. The van der Waals surface area contributed by atoms with E-state index in [0.29, 0.717) is 6.54 Å². The number of hydrogen-bond acceptors (Lipinski definition) is 5. The fourth-order valence-electron chi connectivity index (χ4n) is 3.65. The van der Waals surface area contributed by atoms with E-state index in [4.69, 9.17) is 0 Å². The molecular weight excluding hydrogens is 395 g/mol. The van der Waals surface area contributed by atoms with Gasteiger partial charge in [0.1, 0.15) is 11.6 Å². The van der Waals surface area contributed by atoms with E-state index >= 15 is 0 Å². The van der Waals surface area contributed by atoms with E-state index in [1.807, 2.05) is 50.2 Å². The van der Waals surface area contributed by atoms with Gasteiger partial charge in [0.25, 0.3) is 5.91 Å². The van der Waals surface area contributed by atoms with E-state index in [1.165, 1.54) is 0 Å². The number of nitrogens with one attached hydrogen (secondary N) is 2. The molecule has 1 saturated heterocycles. The largest absolute Gasteiger partial charge is 0.475 e. The van der Waals surface area contributed by atoms with E-state index < -0.39 is 19.1 Å². The lowest BCUT2D eigenvalue weighted by molar-refractivity contribution is -0.130. The molecule has 1 fully saturated rings. The summed E-state index contributed by atoms with van der Waals surface area (Å²) in [6.45, 7) is 4.57. The Morgan fingerprint density at radius 2 is 2.00 bits per heavy atom. The third-order valence-electron chi connectivity index (χ3n) is 5.21. The van der Waals surface area contributed by atoms with E-state index in [1.54, 1.807) is 11.0 Å². The molecule has 0 unspecified atom stereocenters. The monoisotopic (exact) mass is 426 g/mol. The van der Waals surface area contributed by atoms with Crippen LogP contribution in [0.3, 0.4) is 0 Å². The summed E-state index contributed by atoms with van der Waals surface area (Å²) in [5, 5.41) is 34.0. The van der Waals surface area contributed by atoms with Crippen LogP contribution in [0.15, 0.2) is 42.0 Å². The van der Waals surface area contributed by atoms with Gasteiger partial charge in [-0.05, 0) is 37.2 Å². The van der Waals surface area contributed by atoms with Crippen molar-refractivity contribution in [3.05, 3.63) is 47.5 Å². The van der Waals surface area contributed by atoms with Gasteiger partial charge in [-0.2, -0.15) is 5.26 Å². The van der Waals surface area contributed by atoms with Crippen LogP contribution >= 0.6 is 0 Å². The highest BCUT2D eigenvalue weighted by Gasteiger charge is 2.30. The van der Waals surface area contributed by atoms with Crippen molar-refractivity contribution in [1.82, 2.24) is 15.5 Å². The molecule has 0 bridgehead atoms. The number of allylic oxidation sites excluding steroid dienone is 1. The van der Waals surface area contributed by atoms with Gasteiger partial charge in [0.15, 0.2) is 0 Å². The van der Waals surface area contributed by atoms with Crippen LogP contribution in [-0.2, 0) is 11.2 Å². The summed E-state index contributed by atoms with van der Waals surface area (Å²) >= 11 is 0. The molecule has 4 N–H and O–H groups in total. The first-order valence-corrected chi connectivity index (χ1v) is 10.7. The zero-order valence-electron chi connectivity index (χ0n) is 18.1. The Morgan fingerprint density at radius 3 is 2.61 bits per heavy atom. The van der Waals surface area contributed by atoms with Crippen LogP contribution in [0.1, 0.15) is 38.7 Å². The second-order valence-corrected chi connectivity index (χ2v) is 8.15. The highest BCUT2D eigenvalue weighted by Crippen LogP contribution is 2.19. The molecule has 0 saturated carbocycles. The Hall–Kier alpha value is -2.83. The molecule has 1 aliphatic rings. The molecule has 1 aromatic carbocycles. The maximum atomic E-state index is 12.8. The average Bonchev–Trinajstić information content (AvgIpc) is 2.75. The van der Waals surface area contributed by atoms with Crippen molar-refractivity contribution in [2.75, 3.05) is 13.1 Å². The van der Waals surface area contributed by atoms with Gasteiger partial charge >= 0.3 is 13.1 Å². The molecule has 3 amide bonds. The average molecular weight is 426 g/mol. The molecule has 2 atom stereocenters. The summed E-state index contributed by atoms with van der Waals surface area (Å²) in [6.07, 6.45) is 4.43. The number of urea groups is 1. The maximum Gasteiger partial charge on any atom is 0.475 e. The molecule has 9 heteroatoms. The Balaban J connectivity index is 1.96. The second-order valence-electron chi connectivity index (χ2n) is 8.15. The number of carbonyl (C=O) groups excluding carboxylic acids is 2. The lowest BCUT2D eigenvalue weighted by atomic mass is 9.76. The number of rotatable bonds is 8. The van der Waals surface area contributed by atoms with Crippen LogP contribution in [0.25, 0.3) is 0 Å². The molecule has 1 heterocycles. The van der Waals surface area contributed by atoms with Gasteiger partial charge in [0, 0.05) is 19.1 Å². The first-order chi connectivity index (χ1) is 14.8. The number of benzene rings is 1. The standard InChI is InChI=1S/C22H31BN4O4/c1-16(2)12-18(14-24)21(28)27-11-7-6-10-19(27)15-25-22(29)26-20(23(30)31)13-17-8-4-3-5-9-17/h3-5,8-9,12,16,19-20,30-31H,6-7,10-11,13,15H2,1-2H3,(H2,25,26,29)/b18-12+/t19-,20-/m0/s1. The third-order valence-corrected chi connectivity index (χ3v) is 5.21. The SMILES string of the molecule is CC(C)/C=C(\C#N)C(=O)N1CCCC[C@H]1CNC(=O)N[C@@H](Cc1ccccc1)B(O)O. The van der Waals surface area contributed by atoms with Gasteiger partial charge in [-0.1, -0.05) is 50.3 Å². The summed E-state index contributed by atoms with van der Waals surface area (Å²) in [5.41, 5.74) is 0.989. The highest BCUT2D eigenvalue weighted by atomic mass is 16.4. The van der Waals surface area contributed by atoms with E-state index in [9.17, 15) is 24.9 Å². The van der Waals surface area contributed by atoms with E-state index in [2.05, 4.69) is 10.6 Å². The smallest absolute Gasteiger partial charge is 0.426 e. The predicted molar refractivity (Wildman–Crippen MR) is 119 cm³/mol. The number of nitrogens with zero attached hydrogens (tertiary/aromatic N) is 2. The Bertz CT molecular complexity index is 807. The van der Waals surface area contributed by atoms with Crippen LogP contribution < -0.4 is 10.6 Å². The van der Waals surface area contributed by atoms with Crippen molar-refractivity contribution in [3.8, 4) is 6.07 Å². The summed E-state index contributed by atoms with van der Waals surface area (Å²) in [6, 6.07) is 10.5. The number of carbonyl (C=O) groups is 2. The molecule has 1 aromatic rings. The molecule has 166 valence electrons. The van der Waals surface area contributed by atoms with Crippen molar-refractivity contribution in [1.29, 1.82) is 5.26 Å². The van der Waals surface area contributed by atoms with Crippen LogP contribution in [0.2, 0.25) is 0 Å². The second kappa shape index (κ2) is 12.1. The number of hydrogen-bond donors (Lipinski definition) is 4. The third kappa shape index (κ3) is 7.74. The maximum absolute atomic E-state index is 12.8. The molecule has 8 nitrogen and oxygen atoms in total. The predicted octanol–water partition coefficient (Wildman–Crippen LogP) is 1.40. The van der Waals surface area contributed by atoms with Gasteiger partial charge in [-0.25, -0.2) is 4.79 Å². The fraction of sp³-hybridized carbons (Fsp3) is 0.500. The van der Waals surface area contributed by atoms with Crippen molar-refractivity contribution < 1.29 is 19.6 Å². The number of likely N-dealkylation sites (tertiary alicyclic amines) is 1. The number of nitriles is 1. The van der Waals surface area contributed by atoms with Crippen molar-refractivity contribution in [2.24, 2.45) is 5.92 Å². The van der Waals surface area contributed by atoms with Gasteiger partial charge in [0.2, 0.25) is 0 Å². The van der Waals surface area contributed by atoms with Crippen molar-refractivity contribution >= 4 is 19.1 Å². The van der Waals surface area contributed by atoms with Crippen molar-refractivity contribution in [3.63, 3.8) is 0 Å². The minimum atomic E-state index is -1.71. The lowest BCUT2D eigenvalue weighted by Gasteiger charge is -2.36. The fourth-order valence-corrected chi connectivity index (χ4v) is 3.65. The molecular formula is C22H31BN4O4. The Morgan fingerprint density at radius 1 is 1.29 bits per heavy atom. The van der Waals surface area contributed by atoms with E-state index in [0.717, 1.165) is 24.8 Å². The van der Waals surface area contributed by atoms with E-state index in [-0.39, 0.29) is 36.4 Å². The number of amides is 3. The zero-order chi connectivity index (χ0) is 22.8. The molecule has 0 radical (unpaired) electrons. The lowest BCUT2D eigenvalue weighted by Crippen LogP contribution is -2.54. The summed E-state index contributed by atoms with van der Waals surface area (Å²) in [4.78, 5) is 26.9. The Labute approximate surface area is 184 Å². The van der Waals surface area contributed by atoms with Crippen molar-refractivity contribution in [2.45, 2.75) is 51.5 Å². The minimum absolute atomic E-state index is 0.0807. The van der Waals surface area contributed by atoms with Crippen LogP contribution in [0, 0.1) is 17.2 Å². The molecule has 0 aliphatic carbocycles. The summed E-state index contributed by atoms with van der Waals surface area (Å²) in [5.74, 6) is -1.10. The van der Waals surface area contributed by atoms with Gasteiger partial charge in [0.05, 0.1) is 5.94 Å². The molecule has 31 heavy (non-hydrogen) atoms.